The molecule has 2 aromatic carbocycles. The smallest absolute Gasteiger partial charge is 0.368 e. The summed E-state index contributed by atoms with van der Waals surface area (Å²) in [5, 5.41) is 9.18. The zero-order chi connectivity index (χ0) is 37.2. The summed E-state index contributed by atoms with van der Waals surface area (Å²) in [5.41, 5.74) is 0.435. The number of nitrogens with one attached hydrogen (secondary N) is 1. The van der Waals surface area contributed by atoms with Gasteiger partial charge in [0.2, 0.25) is 0 Å². The zero-order valence-electron chi connectivity index (χ0n) is 28.7. The lowest BCUT2D eigenvalue weighted by molar-refractivity contribution is -0.194. The van der Waals surface area contributed by atoms with Crippen molar-refractivity contribution in [1.82, 2.24) is 20.0 Å². The number of carbonyl (C=O) groups is 4. The van der Waals surface area contributed by atoms with Crippen LogP contribution in [-0.4, -0.2) is 88.2 Å². The highest BCUT2D eigenvalue weighted by molar-refractivity contribution is 6.37. The third-order valence-electron chi connectivity index (χ3n) is 7.23. The van der Waals surface area contributed by atoms with Crippen molar-refractivity contribution in [3.05, 3.63) is 75.1 Å². The quantitative estimate of drug-likeness (QED) is 0.180. The Balaban J connectivity index is 1.73. The number of esters is 2. The molecule has 3 aromatic rings. The van der Waals surface area contributed by atoms with Gasteiger partial charge in [-0.3, -0.25) is 9.59 Å². The van der Waals surface area contributed by atoms with Crippen LogP contribution >= 0.6 is 23.2 Å². The van der Waals surface area contributed by atoms with Crippen LogP contribution in [0.1, 0.15) is 68.0 Å². The number of carbonyl (C=O) groups excluding carboxylic acids is 4. The van der Waals surface area contributed by atoms with Crippen molar-refractivity contribution in [2.75, 3.05) is 44.3 Å². The van der Waals surface area contributed by atoms with Crippen LogP contribution in [0.25, 0.3) is 0 Å². The van der Waals surface area contributed by atoms with Crippen molar-refractivity contribution in [1.29, 1.82) is 0 Å². The molecule has 0 spiro atoms. The fourth-order valence-electron chi connectivity index (χ4n) is 4.80. The van der Waals surface area contributed by atoms with E-state index in [9.17, 15) is 23.6 Å². The summed E-state index contributed by atoms with van der Waals surface area (Å²) in [7, 11) is 1.99. The number of aromatic nitrogens is 2. The molecule has 13 nitrogen and oxygen atoms in total. The van der Waals surface area contributed by atoms with E-state index in [0.29, 0.717) is 24.3 Å². The molecule has 268 valence electrons. The molecular formula is C34H39Cl2FN6O7. The molecule has 4 rings (SSSR count). The van der Waals surface area contributed by atoms with Gasteiger partial charge < -0.3 is 35.1 Å². The summed E-state index contributed by atoms with van der Waals surface area (Å²) in [5.74, 6) is -5.67. The summed E-state index contributed by atoms with van der Waals surface area (Å²) in [6.07, 6.45) is 0. The molecule has 0 aliphatic carbocycles. The predicted octanol–water partition coefficient (Wildman–Crippen LogP) is 5.10. The molecule has 1 fully saturated rings. The Bertz CT molecular complexity index is 1760. The molecule has 1 aliphatic heterocycles. The normalized spacial score (nSPS) is 14.2. The maximum absolute atomic E-state index is 15.0. The van der Waals surface area contributed by atoms with Crippen LogP contribution in [-0.2, 0) is 24.7 Å². The van der Waals surface area contributed by atoms with Crippen LogP contribution in [0.4, 0.5) is 15.9 Å². The topological polar surface area (TPSA) is 166 Å². The summed E-state index contributed by atoms with van der Waals surface area (Å²) in [4.78, 5) is 58.4. The van der Waals surface area contributed by atoms with Crippen molar-refractivity contribution >= 4 is 58.5 Å². The average Bonchev–Trinajstić information content (AvgIpc) is 3.02. The first-order chi connectivity index (χ1) is 23.2. The highest BCUT2D eigenvalue weighted by Gasteiger charge is 2.59. The maximum Gasteiger partial charge on any atom is 0.368 e. The van der Waals surface area contributed by atoms with Gasteiger partial charge in [-0.05, 0) is 85.0 Å². The summed E-state index contributed by atoms with van der Waals surface area (Å²) in [6.45, 7) is 11.9. The number of rotatable bonds is 8. The van der Waals surface area contributed by atoms with E-state index in [0.717, 1.165) is 31.3 Å². The second-order valence-corrected chi connectivity index (χ2v) is 14.4. The fourth-order valence-corrected chi connectivity index (χ4v) is 5.43. The van der Waals surface area contributed by atoms with Crippen LogP contribution in [0.5, 0.6) is 5.75 Å². The predicted molar refractivity (Wildman–Crippen MR) is 185 cm³/mol. The van der Waals surface area contributed by atoms with Crippen molar-refractivity contribution in [3.63, 3.8) is 0 Å². The molecule has 0 saturated carbocycles. The molecule has 0 radical (unpaired) electrons. The number of hydrogen-bond donors (Lipinski definition) is 2. The number of benzene rings is 2. The minimum atomic E-state index is -3.02. The first-order valence-corrected chi connectivity index (χ1v) is 16.3. The van der Waals surface area contributed by atoms with Crippen LogP contribution in [0.15, 0.2) is 42.5 Å². The van der Waals surface area contributed by atoms with E-state index in [1.807, 2.05) is 7.05 Å². The Morgan fingerprint density at radius 1 is 0.860 bits per heavy atom. The first kappa shape index (κ1) is 38.3. The van der Waals surface area contributed by atoms with Gasteiger partial charge in [0.25, 0.3) is 11.8 Å². The van der Waals surface area contributed by atoms with E-state index in [2.05, 4.69) is 20.4 Å². The molecule has 2 heterocycles. The number of hydrogen-bond acceptors (Lipinski definition) is 11. The number of nitrogens with two attached hydrogens (primary N) is 1. The Kier molecular flexibility index (Phi) is 11.3. The van der Waals surface area contributed by atoms with Gasteiger partial charge in [0.05, 0.1) is 15.6 Å². The monoisotopic (exact) mass is 732 g/mol. The zero-order valence-corrected chi connectivity index (χ0v) is 30.2. The minimum Gasteiger partial charge on any atom is -0.456 e. The maximum atomic E-state index is 15.0. The largest absolute Gasteiger partial charge is 0.456 e. The molecule has 1 aliphatic rings. The van der Waals surface area contributed by atoms with E-state index in [-0.39, 0.29) is 16.6 Å². The number of piperazine rings is 1. The van der Waals surface area contributed by atoms with E-state index in [1.165, 1.54) is 41.5 Å². The molecule has 0 bridgehead atoms. The second kappa shape index (κ2) is 14.8. The van der Waals surface area contributed by atoms with Gasteiger partial charge in [0.1, 0.15) is 17.0 Å². The van der Waals surface area contributed by atoms with Crippen LogP contribution in [0.2, 0.25) is 10.0 Å². The molecule has 0 unspecified atom stereocenters. The second-order valence-electron chi connectivity index (χ2n) is 13.6. The summed E-state index contributed by atoms with van der Waals surface area (Å²) in [6, 6.07) is 9.29. The molecule has 1 aromatic heterocycles. The average molecular weight is 734 g/mol. The minimum absolute atomic E-state index is 0.126. The van der Waals surface area contributed by atoms with E-state index in [1.54, 1.807) is 29.2 Å². The Labute approximate surface area is 299 Å². The standard InChI is InChI=1S/C34H39Cl2FN6O7/c1-32(2,3)49-30(46)34(31(47)50-33(4,5)6,25-21(35)12-13-22(37)26(25)36)48-24-18-23(40-41-27(24)38)28(44)39-20-10-8-19(9-11-20)29(45)43-16-14-42(7)15-17-43/h8-13,18H,14-17H2,1-7H3,(H2,38,41)(H,39,44). The van der Waals surface area contributed by atoms with E-state index in [4.69, 9.17) is 43.1 Å². The van der Waals surface area contributed by atoms with Crippen molar-refractivity contribution in [3.8, 4) is 5.75 Å². The van der Waals surface area contributed by atoms with Gasteiger partial charge in [-0.2, -0.15) is 0 Å². The van der Waals surface area contributed by atoms with Gasteiger partial charge >= 0.3 is 17.5 Å². The van der Waals surface area contributed by atoms with Crippen LogP contribution in [0, 0.1) is 5.82 Å². The number of likely N-dealkylation sites (N-methyl/N-ethyl adjacent to an activating group) is 1. The molecule has 0 atom stereocenters. The first-order valence-electron chi connectivity index (χ1n) is 15.5. The van der Waals surface area contributed by atoms with E-state index < -0.39 is 62.6 Å². The Morgan fingerprint density at radius 3 is 1.96 bits per heavy atom. The van der Waals surface area contributed by atoms with Crippen LogP contribution < -0.4 is 15.8 Å². The number of anilines is 2. The highest BCUT2D eigenvalue weighted by atomic mass is 35.5. The number of halogens is 3. The lowest BCUT2D eigenvalue weighted by Crippen LogP contribution is -2.54. The number of amides is 2. The van der Waals surface area contributed by atoms with Gasteiger partial charge in [0.15, 0.2) is 17.3 Å². The molecule has 3 N–H and O–H groups in total. The lowest BCUT2D eigenvalue weighted by atomic mass is 9.91. The van der Waals surface area contributed by atoms with Gasteiger partial charge in [0, 0.05) is 43.5 Å². The van der Waals surface area contributed by atoms with Crippen molar-refractivity contribution in [2.24, 2.45) is 0 Å². The molecule has 50 heavy (non-hydrogen) atoms. The molecule has 16 heteroatoms. The molecule has 2 amide bonds. The number of ether oxygens (including phenoxy) is 3. The summed E-state index contributed by atoms with van der Waals surface area (Å²) < 4.78 is 32.2. The molecular weight excluding hydrogens is 694 g/mol. The van der Waals surface area contributed by atoms with Crippen molar-refractivity contribution in [2.45, 2.75) is 58.3 Å². The van der Waals surface area contributed by atoms with Crippen molar-refractivity contribution < 1.29 is 37.8 Å². The van der Waals surface area contributed by atoms with E-state index >= 15 is 0 Å². The lowest BCUT2D eigenvalue weighted by Gasteiger charge is -2.36. The third kappa shape index (κ3) is 8.79. The van der Waals surface area contributed by atoms with Gasteiger partial charge in [-0.25, -0.2) is 14.0 Å². The third-order valence-corrected chi connectivity index (χ3v) is 7.91. The van der Waals surface area contributed by atoms with Crippen LogP contribution in [0.3, 0.4) is 0 Å². The fraction of sp³-hybridized carbons (Fsp3) is 0.412. The Morgan fingerprint density at radius 2 is 1.42 bits per heavy atom. The Hall–Kier alpha value is -4.53. The van der Waals surface area contributed by atoms with Gasteiger partial charge in [-0.15, -0.1) is 10.2 Å². The number of nitrogens with zero attached hydrogens (tertiary/aromatic N) is 4. The molecule has 1 saturated heterocycles. The SMILES string of the molecule is CN1CCN(C(=O)c2ccc(NC(=O)c3cc(OC(C(=O)OC(C)(C)C)(C(=O)OC(C)(C)C)c4c(Cl)ccc(F)c4Cl)c(N)nn3)cc2)CC1. The number of nitrogen functional groups attached to an aromatic ring is 1. The van der Waals surface area contributed by atoms with Gasteiger partial charge in [-0.1, -0.05) is 23.2 Å². The highest BCUT2D eigenvalue weighted by Crippen LogP contribution is 2.43. The summed E-state index contributed by atoms with van der Waals surface area (Å²) >= 11 is 12.8.